The molecule has 0 N–H and O–H groups in total. The normalized spacial score (nSPS) is 0. The van der Waals surface area contributed by atoms with Crippen molar-refractivity contribution in [1.29, 1.82) is 0 Å². The van der Waals surface area contributed by atoms with Gasteiger partial charge in [0.05, 0.1) is 0 Å². The van der Waals surface area contributed by atoms with E-state index in [1.165, 1.54) is 0 Å². The van der Waals surface area contributed by atoms with Crippen LogP contribution < -0.4 is 0 Å². The van der Waals surface area contributed by atoms with Gasteiger partial charge >= 0.3 is 0 Å². The molecule has 0 aromatic heterocycles. The zero-order valence-corrected chi connectivity index (χ0v) is 5.06. The van der Waals surface area contributed by atoms with Crippen molar-refractivity contribution >= 4 is 34.0 Å². The molecule has 0 aromatic carbocycles. The molecule has 0 fully saturated rings. The average Bonchev–Trinajstić information content (AvgIpc) is 0. The van der Waals surface area contributed by atoms with E-state index in [4.69, 9.17) is 0 Å². The maximum atomic E-state index is 0. The molecule has 4 heavy (non-hydrogen) atoms. The third-order valence-corrected chi connectivity index (χ3v) is 0. The molecule has 0 nitrogen and oxygen atoms in total. The molecular formula is H4Br2F2. The van der Waals surface area contributed by atoms with E-state index in [9.17, 15) is 0 Å². The number of hydrogen-bond donors (Lipinski definition) is 0. The molecule has 0 atom stereocenters. The SMILES string of the molecule is Br.Br.F.F. The van der Waals surface area contributed by atoms with Gasteiger partial charge in [-0.15, -0.1) is 34.0 Å². The van der Waals surface area contributed by atoms with Crippen molar-refractivity contribution in [2.45, 2.75) is 0 Å². The van der Waals surface area contributed by atoms with Crippen molar-refractivity contribution in [2.24, 2.45) is 0 Å². The van der Waals surface area contributed by atoms with E-state index in [1.54, 1.807) is 0 Å². The van der Waals surface area contributed by atoms with Crippen LogP contribution in [0.25, 0.3) is 0 Å². The Hall–Kier alpha value is 0.820. The van der Waals surface area contributed by atoms with Crippen molar-refractivity contribution in [3.8, 4) is 0 Å². The Kier molecular flexibility index (Phi) is 1180. The number of hydrogen-bond acceptors (Lipinski definition) is 0. The van der Waals surface area contributed by atoms with Crippen LogP contribution in [0.4, 0.5) is 9.41 Å². The van der Waals surface area contributed by atoms with E-state index in [0.29, 0.717) is 0 Å². The van der Waals surface area contributed by atoms with Crippen LogP contribution in [-0.4, -0.2) is 0 Å². The Morgan fingerprint density at radius 1 is 0.500 bits per heavy atom. The Bertz CT molecular complexity index is 4.00. The smallest absolute Gasteiger partial charge is 0.114 e. The van der Waals surface area contributed by atoms with Gasteiger partial charge < -0.3 is 0 Å². The largest absolute Gasteiger partial charge is 0.269 e. The summed E-state index contributed by atoms with van der Waals surface area (Å²) in [5.74, 6) is 0. The Balaban J connectivity index is 0. The first-order valence-corrected chi connectivity index (χ1v) is 0. The molecule has 0 saturated heterocycles. The second-order valence-corrected chi connectivity index (χ2v) is 0. The molecule has 0 rings (SSSR count). The lowest BCUT2D eigenvalue weighted by Crippen LogP contribution is 0.419. The highest BCUT2D eigenvalue weighted by Crippen LogP contribution is 0.847. The molecule has 4 heteroatoms. The predicted octanol–water partition coefficient (Wildman–Crippen LogP) is 1.46. The summed E-state index contributed by atoms with van der Waals surface area (Å²) in [7, 11) is 0. The third-order valence-electron chi connectivity index (χ3n) is 0. The molecule has 0 heterocycles. The van der Waals surface area contributed by atoms with Gasteiger partial charge in [0.2, 0.25) is 0 Å². The fourth-order valence-electron chi connectivity index (χ4n) is 0. The van der Waals surface area contributed by atoms with Crippen LogP contribution in [0, 0.1) is 0 Å². The van der Waals surface area contributed by atoms with Gasteiger partial charge in [-0.2, -0.15) is 0 Å². The summed E-state index contributed by atoms with van der Waals surface area (Å²) >= 11 is 0. The molecule has 0 aliphatic heterocycles. The van der Waals surface area contributed by atoms with E-state index in [1.807, 2.05) is 0 Å². The molecule has 32 valence electrons. The second kappa shape index (κ2) is 45.2. The van der Waals surface area contributed by atoms with Crippen LogP contribution in [0.3, 0.4) is 0 Å². The molecular weight excluding hydrogens is 198 g/mol. The first-order chi connectivity index (χ1) is 0. The molecule has 0 spiro atoms. The van der Waals surface area contributed by atoms with Gasteiger partial charge in [-0.05, 0) is 0 Å². The van der Waals surface area contributed by atoms with Crippen LogP contribution in [0.2, 0.25) is 0 Å². The van der Waals surface area contributed by atoms with Crippen molar-refractivity contribution < 1.29 is 9.41 Å². The minimum absolute atomic E-state index is 0. The molecule has 0 amide bonds. The maximum absolute atomic E-state index is 0. The minimum atomic E-state index is 0. The van der Waals surface area contributed by atoms with Gasteiger partial charge in [-0.3, -0.25) is 9.41 Å². The molecule has 0 aromatic rings. The Morgan fingerprint density at radius 3 is 0.500 bits per heavy atom. The summed E-state index contributed by atoms with van der Waals surface area (Å²) in [6.07, 6.45) is 0. The summed E-state index contributed by atoms with van der Waals surface area (Å²) in [5.41, 5.74) is 0. The van der Waals surface area contributed by atoms with Gasteiger partial charge in [-0.25, -0.2) is 0 Å². The van der Waals surface area contributed by atoms with Gasteiger partial charge in [0.25, 0.3) is 0 Å². The molecule has 0 saturated carbocycles. The number of halogens is 4. The van der Waals surface area contributed by atoms with E-state index in [2.05, 4.69) is 0 Å². The lowest BCUT2D eigenvalue weighted by molar-refractivity contribution is 1.11. The standard InChI is InChI=1S/2BrH.2FH/h4*1H. The Morgan fingerprint density at radius 2 is 0.500 bits per heavy atom. The molecule has 0 unspecified atom stereocenters. The van der Waals surface area contributed by atoms with Crippen molar-refractivity contribution in [3.05, 3.63) is 0 Å². The molecule has 0 radical (unpaired) electrons. The average molecular weight is 202 g/mol. The fourth-order valence-corrected chi connectivity index (χ4v) is 0. The molecule has 0 aliphatic carbocycles. The minimum Gasteiger partial charge on any atom is -0.269 e. The van der Waals surface area contributed by atoms with Crippen molar-refractivity contribution in [1.82, 2.24) is 0 Å². The lowest BCUT2D eigenvalue weighted by Gasteiger charge is -0.270. The first kappa shape index (κ1) is 105. The van der Waals surface area contributed by atoms with E-state index < -0.39 is 0 Å². The van der Waals surface area contributed by atoms with Crippen LogP contribution >= 0.6 is 34.0 Å². The third kappa shape index (κ3) is 13.9. The lowest BCUT2D eigenvalue weighted by atomic mass is 19.0. The van der Waals surface area contributed by atoms with E-state index in [0.717, 1.165) is 0 Å². The highest BCUT2D eigenvalue weighted by molar-refractivity contribution is 8.93. The van der Waals surface area contributed by atoms with Crippen molar-refractivity contribution in [2.75, 3.05) is 0 Å². The molecule has 0 aliphatic rings. The quantitative estimate of drug-likeness (QED) is 0.557. The van der Waals surface area contributed by atoms with Crippen molar-refractivity contribution in [3.63, 3.8) is 0 Å². The zero-order chi connectivity index (χ0) is 0. The highest BCUT2D eigenvalue weighted by atomic mass is 79.9. The summed E-state index contributed by atoms with van der Waals surface area (Å²) < 4.78 is 0. The molecule has 0 bridgehead atoms. The van der Waals surface area contributed by atoms with Gasteiger partial charge in [0.15, 0.2) is 0 Å². The van der Waals surface area contributed by atoms with E-state index in [-0.39, 0.29) is 43.4 Å². The number of rotatable bonds is 0. The van der Waals surface area contributed by atoms with E-state index >= 15 is 0 Å². The maximum Gasteiger partial charge on any atom is -0.114 e. The van der Waals surface area contributed by atoms with Gasteiger partial charge in [-0.1, -0.05) is 0 Å². The topological polar surface area (TPSA) is 0 Å². The van der Waals surface area contributed by atoms with Gasteiger partial charge in [0, 0.05) is 0 Å². The fraction of sp³-hybridized carbons (Fsp3) is 0. The van der Waals surface area contributed by atoms with Gasteiger partial charge in [0.1, 0.15) is 0 Å². The summed E-state index contributed by atoms with van der Waals surface area (Å²) in [5, 5.41) is 0. The first-order valence-electron chi connectivity index (χ1n) is 0. The van der Waals surface area contributed by atoms with Crippen LogP contribution in [0.5, 0.6) is 0 Å². The highest BCUT2D eigenvalue weighted by Gasteiger charge is -0.113. The summed E-state index contributed by atoms with van der Waals surface area (Å²) in [6.45, 7) is 0. The monoisotopic (exact) mass is 200 g/mol. The van der Waals surface area contributed by atoms with Crippen LogP contribution in [-0.2, 0) is 0 Å². The zero-order valence-electron chi connectivity index (χ0n) is 1.63. The predicted molar refractivity (Wildman–Crippen MR) is 25.6 cm³/mol. The second-order valence-electron chi connectivity index (χ2n) is 0. The Labute approximate surface area is 43.9 Å². The summed E-state index contributed by atoms with van der Waals surface area (Å²) in [4.78, 5) is 0. The van der Waals surface area contributed by atoms with Crippen LogP contribution in [0.1, 0.15) is 0 Å². The van der Waals surface area contributed by atoms with Crippen LogP contribution in [0.15, 0.2) is 0 Å². The summed E-state index contributed by atoms with van der Waals surface area (Å²) in [6, 6.07) is 0.